The molecule has 106 valence electrons. The van der Waals surface area contributed by atoms with Gasteiger partial charge in [-0.05, 0) is 49.9 Å². The van der Waals surface area contributed by atoms with Gasteiger partial charge in [-0.1, -0.05) is 19.4 Å². The van der Waals surface area contributed by atoms with Crippen LogP contribution in [0.1, 0.15) is 38.7 Å². The SMILES string of the molecule is CCNCc1ccc(N(CC)CC2CCC2)c(F)c1. The molecule has 1 aliphatic carbocycles. The maximum absolute atomic E-state index is 14.2. The van der Waals surface area contributed by atoms with Crippen molar-refractivity contribution in [1.29, 1.82) is 0 Å². The molecule has 1 aromatic rings. The second-order valence-corrected chi connectivity index (χ2v) is 5.40. The van der Waals surface area contributed by atoms with Gasteiger partial charge in [-0.3, -0.25) is 0 Å². The van der Waals surface area contributed by atoms with Crippen molar-refractivity contribution in [3.05, 3.63) is 29.6 Å². The Morgan fingerprint density at radius 2 is 2.11 bits per heavy atom. The molecule has 0 amide bonds. The topological polar surface area (TPSA) is 15.3 Å². The first-order chi connectivity index (χ1) is 9.24. The fraction of sp³-hybridized carbons (Fsp3) is 0.625. The minimum Gasteiger partial charge on any atom is -0.369 e. The fourth-order valence-electron chi connectivity index (χ4n) is 2.57. The monoisotopic (exact) mass is 264 g/mol. The molecule has 0 spiro atoms. The molecule has 0 radical (unpaired) electrons. The van der Waals surface area contributed by atoms with Crippen LogP contribution in [0.5, 0.6) is 0 Å². The van der Waals surface area contributed by atoms with Crippen LogP contribution in [0.25, 0.3) is 0 Å². The van der Waals surface area contributed by atoms with Gasteiger partial charge >= 0.3 is 0 Å². The maximum Gasteiger partial charge on any atom is 0.146 e. The lowest BCUT2D eigenvalue weighted by Crippen LogP contribution is -2.33. The minimum absolute atomic E-state index is 0.0865. The molecule has 2 nitrogen and oxygen atoms in total. The van der Waals surface area contributed by atoms with Gasteiger partial charge in [0.15, 0.2) is 0 Å². The van der Waals surface area contributed by atoms with E-state index < -0.39 is 0 Å². The predicted octanol–water partition coefficient (Wildman–Crippen LogP) is 3.56. The van der Waals surface area contributed by atoms with Crippen LogP contribution in [-0.4, -0.2) is 19.6 Å². The lowest BCUT2D eigenvalue weighted by molar-refractivity contribution is 0.318. The number of nitrogens with zero attached hydrogens (tertiary/aromatic N) is 1. The first-order valence-corrected chi connectivity index (χ1v) is 7.48. The van der Waals surface area contributed by atoms with Crippen molar-refractivity contribution in [3.8, 4) is 0 Å². The molecule has 0 aliphatic heterocycles. The lowest BCUT2D eigenvalue weighted by Gasteiger charge is -2.33. The van der Waals surface area contributed by atoms with E-state index in [4.69, 9.17) is 0 Å². The highest BCUT2D eigenvalue weighted by Crippen LogP contribution is 2.30. The third-order valence-corrected chi connectivity index (χ3v) is 4.02. The standard InChI is InChI=1S/C16H25FN2/c1-3-18-11-14-8-9-16(15(17)10-14)19(4-2)12-13-6-5-7-13/h8-10,13,18H,3-7,11-12H2,1-2H3. The van der Waals surface area contributed by atoms with E-state index in [2.05, 4.69) is 24.1 Å². The van der Waals surface area contributed by atoms with Gasteiger partial charge in [0, 0.05) is 19.6 Å². The van der Waals surface area contributed by atoms with E-state index in [0.29, 0.717) is 0 Å². The Labute approximate surface area is 116 Å². The molecule has 0 atom stereocenters. The summed E-state index contributed by atoms with van der Waals surface area (Å²) >= 11 is 0. The van der Waals surface area contributed by atoms with E-state index in [1.54, 1.807) is 6.07 Å². The largest absolute Gasteiger partial charge is 0.369 e. The third-order valence-electron chi connectivity index (χ3n) is 4.02. The minimum atomic E-state index is -0.0865. The Morgan fingerprint density at radius 3 is 2.63 bits per heavy atom. The molecule has 0 unspecified atom stereocenters. The molecule has 1 saturated carbocycles. The summed E-state index contributed by atoms with van der Waals surface area (Å²) in [5, 5.41) is 3.22. The molecule has 1 fully saturated rings. The molecule has 0 heterocycles. The molecule has 2 rings (SSSR count). The number of halogens is 1. The van der Waals surface area contributed by atoms with Crippen LogP contribution in [0, 0.1) is 11.7 Å². The highest BCUT2D eigenvalue weighted by Gasteiger charge is 2.21. The van der Waals surface area contributed by atoms with E-state index in [9.17, 15) is 4.39 Å². The van der Waals surface area contributed by atoms with Crippen molar-refractivity contribution < 1.29 is 4.39 Å². The van der Waals surface area contributed by atoms with Gasteiger partial charge < -0.3 is 10.2 Å². The molecular weight excluding hydrogens is 239 g/mol. The van der Waals surface area contributed by atoms with E-state index >= 15 is 0 Å². The van der Waals surface area contributed by atoms with Crippen LogP contribution >= 0.6 is 0 Å². The van der Waals surface area contributed by atoms with Gasteiger partial charge in [0.25, 0.3) is 0 Å². The van der Waals surface area contributed by atoms with Crippen LogP contribution in [0.4, 0.5) is 10.1 Å². The first-order valence-electron chi connectivity index (χ1n) is 7.48. The number of nitrogens with one attached hydrogen (secondary N) is 1. The third kappa shape index (κ3) is 3.69. The highest BCUT2D eigenvalue weighted by atomic mass is 19.1. The van der Waals surface area contributed by atoms with Crippen molar-refractivity contribution in [2.24, 2.45) is 5.92 Å². The van der Waals surface area contributed by atoms with Gasteiger partial charge in [-0.2, -0.15) is 0 Å². The summed E-state index contributed by atoms with van der Waals surface area (Å²) in [6.45, 7) is 7.68. The summed E-state index contributed by atoms with van der Waals surface area (Å²) in [7, 11) is 0. The number of hydrogen-bond donors (Lipinski definition) is 1. The van der Waals surface area contributed by atoms with Gasteiger partial charge in [-0.25, -0.2) is 4.39 Å². The number of anilines is 1. The van der Waals surface area contributed by atoms with E-state index in [1.165, 1.54) is 19.3 Å². The normalized spacial score (nSPS) is 15.3. The summed E-state index contributed by atoms with van der Waals surface area (Å²) in [5.41, 5.74) is 1.78. The summed E-state index contributed by atoms with van der Waals surface area (Å²) < 4.78 is 14.2. The van der Waals surface area contributed by atoms with Crippen LogP contribution in [0.15, 0.2) is 18.2 Å². The average Bonchev–Trinajstić information content (AvgIpc) is 2.36. The highest BCUT2D eigenvalue weighted by molar-refractivity contribution is 5.49. The molecule has 0 saturated heterocycles. The molecule has 19 heavy (non-hydrogen) atoms. The maximum atomic E-state index is 14.2. The number of benzene rings is 1. The molecule has 0 bridgehead atoms. The molecular formula is C16H25FN2. The quantitative estimate of drug-likeness (QED) is 0.810. The lowest BCUT2D eigenvalue weighted by atomic mass is 9.85. The Kier molecular flexibility index (Phi) is 5.20. The van der Waals surface area contributed by atoms with Crippen molar-refractivity contribution in [2.75, 3.05) is 24.5 Å². The zero-order chi connectivity index (χ0) is 13.7. The Balaban J connectivity index is 2.04. The summed E-state index contributed by atoms with van der Waals surface area (Å²) in [4.78, 5) is 2.18. The fourth-order valence-corrected chi connectivity index (χ4v) is 2.57. The zero-order valence-electron chi connectivity index (χ0n) is 12.1. The Morgan fingerprint density at radius 1 is 1.32 bits per heavy atom. The molecule has 3 heteroatoms. The molecule has 1 aliphatic rings. The second-order valence-electron chi connectivity index (χ2n) is 5.40. The van der Waals surface area contributed by atoms with Crippen molar-refractivity contribution in [3.63, 3.8) is 0 Å². The second kappa shape index (κ2) is 6.90. The zero-order valence-corrected chi connectivity index (χ0v) is 12.1. The van der Waals surface area contributed by atoms with Crippen LogP contribution in [-0.2, 0) is 6.54 Å². The molecule has 1 aromatic carbocycles. The first kappa shape index (κ1) is 14.3. The van der Waals surface area contributed by atoms with Crippen LogP contribution < -0.4 is 10.2 Å². The number of hydrogen-bond acceptors (Lipinski definition) is 2. The average molecular weight is 264 g/mol. The van der Waals surface area contributed by atoms with Gasteiger partial charge in [0.05, 0.1) is 5.69 Å². The van der Waals surface area contributed by atoms with Crippen LogP contribution in [0.2, 0.25) is 0 Å². The van der Waals surface area contributed by atoms with E-state index in [-0.39, 0.29) is 5.82 Å². The van der Waals surface area contributed by atoms with Gasteiger partial charge in [0.1, 0.15) is 5.82 Å². The van der Waals surface area contributed by atoms with Gasteiger partial charge in [0.2, 0.25) is 0 Å². The van der Waals surface area contributed by atoms with E-state index in [0.717, 1.165) is 43.3 Å². The van der Waals surface area contributed by atoms with Crippen LogP contribution in [0.3, 0.4) is 0 Å². The number of rotatable bonds is 7. The smallest absolute Gasteiger partial charge is 0.146 e. The summed E-state index contributed by atoms with van der Waals surface area (Å²) in [5.74, 6) is 0.678. The molecule has 0 aromatic heterocycles. The van der Waals surface area contributed by atoms with E-state index in [1.807, 2.05) is 12.1 Å². The summed E-state index contributed by atoms with van der Waals surface area (Å²) in [6, 6.07) is 5.64. The Bertz CT molecular complexity index is 402. The Hall–Kier alpha value is -1.09. The summed E-state index contributed by atoms with van der Waals surface area (Å²) in [6.07, 6.45) is 3.94. The van der Waals surface area contributed by atoms with Crippen molar-refractivity contribution in [2.45, 2.75) is 39.7 Å². The van der Waals surface area contributed by atoms with Gasteiger partial charge in [-0.15, -0.1) is 0 Å². The van der Waals surface area contributed by atoms with Crippen molar-refractivity contribution >= 4 is 5.69 Å². The van der Waals surface area contributed by atoms with Crippen molar-refractivity contribution in [1.82, 2.24) is 5.32 Å². The predicted molar refractivity (Wildman–Crippen MR) is 79.0 cm³/mol. The molecule has 1 N–H and O–H groups in total.